The zero-order chi connectivity index (χ0) is 27.4. The second-order valence-electron chi connectivity index (χ2n) is 8.88. The molecule has 39 heavy (non-hydrogen) atoms. The lowest BCUT2D eigenvalue weighted by molar-refractivity contribution is -0.123. The van der Waals surface area contributed by atoms with Crippen molar-refractivity contribution < 1.29 is 14.3 Å². The Labute approximate surface area is 241 Å². The average molecular weight is 582 g/mol. The molecule has 0 unspecified atom stereocenters. The van der Waals surface area contributed by atoms with Crippen LogP contribution < -0.4 is 10.2 Å². The van der Waals surface area contributed by atoms with Gasteiger partial charge in [0.25, 0.3) is 0 Å². The SMILES string of the molecule is COCCNC(=O)CN1C(=O)CS[C@H](c2cccc(Cl)c2)c2c(-c3ccccc3)nn(-c3ccccc3Cl)c21. The van der Waals surface area contributed by atoms with Crippen LogP contribution in [0.15, 0.2) is 78.9 Å². The quantitative estimate of drug-likeness (QED) is 0.267. The Morgan fingerprint density at radius 1 is 1.08 bits per heavy atom. The highest BCUT2D eigenvalue weighted by Crippen LogP contribution is 2.49. The summed E-state index contributed by atoms with van der Waals surface area (Å²) in [6.45, 7) is 0.527. The van der Waals surface area contributed by atoms with Crippen molar-refractivity contribution in [3.63, 3.8) is 0 Å². The lowest BCUT2D eigenvalue weighted by atomic mass is 9.99. The minimum atomic E-state index is -0.300. The van der Waals surface area contributed by atoms with Gasteiger partial charge in [0.15, 0.2) is 0 Å². The number of carbonyl (C=O) groups excluding carboxylic acids is 2. The van der Waals surface area contributed by atoms with Gasteiger partial charge in [0, 0.05) is 29.8 Å². The molecule has 3 aromatic carbocycles. The molecular formula is C29H26Cl2N4O3S. The molecule has 2 amide bonds. The highest BCUT2D eigenvalue weighted by atomic mass is 35.5. The van der Waals surface area contributed by atoms with Gasteiger partial charge in [-0.2, -0.15) is 5.10 Å². The summed E-state index contributed by atoms with van der Waals surface area (Å²) >= 11 is 14.6. The predicted molar refractivity (Wildman–Crippen MR) is 157 cm³/mol. The maximum atomic E-state index is 13.7. The molecule has 5 rings (SSSR count). The summed E-state index contributed by atoms with van der Waals surface area (Å²) in [4.78, 5) is 28.2. The van der Waals surface area contributed by atoms with Crippen LogP contribution in [0.5, 0.6) is 0 Å². The number of rotatable bonds is 8. The zero-order valence-corrected chi connectivity index (χ0v) is 23.5. The average Bonchev–Trinajstić information content (AvgIpc) is 3.26. The highest BCUT2D eigenvalue weighted by Gasteiger charge is 2.38. The van der Waals surface area contributed by atoms with Gasteiger partial charge in [-0.15, -0.1) is 11.8 Å². The molecular weight excluding hydrogens is 555 g/mol. The number of hydrogen-bond donors (Lipinski definition) is 1. The third kappa shape index (κ3) is 5.84. The largest absolute Gasteiger partial charge is 0.383 e. The van der Waals surface area contributed by atoms with Gasteiger partial charge in [0.2, 0.25) is 11.8 Å². The molecule has 0 aliphatic carbocycles. The van der Waals surface area contributed by atoms with E-state index < -0.39 is 0 Å². The number of ether oxygens (including phenoxy) is 1. The first kappa shape index (κ1) is 27.3. The van der Waals surface area contributed by atoms with Crippen molar-refractivity contribution in [3.8, 4) is 16.9 Å². The highest BCUT2D eigenvalue weighted by molar-refractivity contribution is 8.00. The van der Waals surface area contributed by atoms with E-state index in [0.717, 1.165) is 16.7 Å². The molecule has 0 saturated heterocycles. The predicted octanol–water partition coefficient (Wildman–Crippen LogP) is 5.78. The summed E-state index contributed by atoms with van der Waals surface area (Å²) in [5.74, 6) is 0.156. The Morgan fingerprint density at radius 2 is 1.85 bits per heavy atom. The number of aromatic nitrogens is 2. The van der Waals surface area contributed by atoms with Crippen LogP contribution in [0.1, 0.15) is 16.4 Å². The van der Waals surface area contributed by atoms with E-state index in [4.69, 9.17) is 33.0 Å². The molecule has 0 fully saturated rings. The molecule has 2 heterocycles. The Bertz CT molecular complexity index is 1500. The number of carbonyl (C=O) groups is 2. The maximum absolute atomic E-state index is 13.7. The van der Waals surface area contributed by atoms with Crippen LogP contribution >= 0.6 is 35.0 Å². The number of amides is 2. The molecule has 1 N–H and O–H groups in total. The van der Waals surface area contributed by atoms with Crippen LogP contribution in [0.4, 0.5) is 5.82 Å². The number of nitrogens with zero attached hydrogens (tertiary/aromatic N) is 3. The van der Waals surface area contributed by atoms with E-state index in [1.54, 1.807) is 17.9 Å². The molecule has 1 aliphatic heterocycles. The second-order valence-corrected chi connectivity index (χ2v) is 10.8. The molecule has 0 spiro atoms. The van der Waals surface area contributed by atoms with E-state index in [-0.39, 0.29) is 29.4 Å². The number of para-hydroxylation sites is 1. The molecule has 0 radical (unpaired) electrons. The molecule has 7 nitrogen and oxygen atoms in total. The first-order valence-electron chi connectivity index (χ1n) is 12.3. The van der Waals surface area contributed by atoms with E-state index in [1.807, 2.05) is 72.8 Å². The van der Waals surface area contributed by atoms with Crippen LogP contribution in [0, 0.1) is 0 Å². The fourth-order valence-electron chi connectivity index (χ4n) is 4.54. The standard InChI is InChI=1S/C29H26Cl2N4O3S/c1-38-15-14-32-24(36)17-34-25(37)18-39-28(20-10-7-11-21(30)16-20)26-27(19-8-3-2-4-9-19)33-35(29(26)34)23-13-6-5-12-22(23)31/h2-13,16,28H,14-15,17-18H2,1H3,(H,32,36)/t28-/m1/s1. The number of benzene rings is 3. The Balaban J connectivity index is 1.77. The van der Waals surface area contributed by atoms with Gasteiger partial charge < -0.3 is 10.1 Å². The normalized spacial score (nSPS) is 15.1. The van der Waals surface area contributed by atoms with Crippen LogP contribution in [0.2, 0.25) is 10.0 Å². The van der Waals surface area contributed by atoms with Crippen LogP contribution in [0.25, 0.3) is 16.9 Å². The molecule has 0 bridgehead atoms. The van der Waals surface area contributed by atoms with Gasteiger partial charge in [0.1, 0.15) is 12.4 Å². The summed E-state index contributed by atoms with van der Waals surface area (Å²) in [6.07, 6.45) is 0. The van der Waals surface area contributed by atoms with Crippen molar-refractivity contribution in [2.45, 2.75) is 5.25 Å². The number of hydrogen-bond acceptors (Lipinski definition) is 5. The van der Waals surface area contributed by atoms with Gasteiger partial charge in [-0.1, -0.05) is 77.8 Å². The first-order chi connectivity index (χ1) is 19.0. The smallest absolute Gasteiger partial charge is 0.240 e. The van der Waals surface area contributed by atoms with Gasteiger partial charge >= 0.3 is 0 Å². The van der Waals surface area contributed by atoms with Gasteiger partial charge in [-0.25, -0.2) is 4.68 Å². The summed E-state index contributed by atoms with van der Waals surface area (Å²) in [7, 11) is 1.57. The van der Waals surface area contributed by atoms with Crippen LogP contribution in [-0.2, 0) is 14.3 Å². The monoisotopic (exact) mass is 580 g/mol. The van der Waals surface area contributed by atoms with Crippen molar-refractivity contribution >= 4 is 52.6 Å². The molecule has 10 heteroatoms. The van der Waals surface area contributed by atoms with Crippen molar-refractivity contribution in [3.05, 3.63) is 100 Å². The Morgan fingerprint density at radius 3 is 2.59 bits per heavy atom. The number of halogens is 2. The third-order valence-electron chi connectivity index (χ3n) is 6.30. The zero-order valence-electron chi connectivity index (χ0n) is 21.1. The van der Waals surface area contributed by atoms with Gasteiger partial charge in [-0.05, 0) is 29.8 Å². The summed E-state index contributed by atoms with van der Waals surface area (Å²) in [5.41, 5.74) is 3.92. The number of methoxy groups -OCH3 is 1. The topological polar surface area (TPSA) is 76.5 Å². The molecule has 0 saturated carbocycles. The number of fused-ring (bicyclic) bond motifs is 1. The molecule has 1 aromatic heterocycles. The van der Waals surface area contributed by atoms with Crippen molar-refractivity contribution in [1.29, 1.82) is 0 Å². The summed E-state index contributed by atoms with van der Waals surface area (Å²) in [5, 5.41) is 8.65. The van der Waals surface area contributed by atoms with Gasteiger partial charge in [0.05, 0.1) is 34.0 Å². The van der Waals surface area contributed by atoms with Crippen molar-refractivity contribution in [2.24, 2.45) is 0 Å². The number of thioether (sulfide) groups is 1. The Hall–Kier alpha value is -3.30. The van der Waals surface area contributed by atoms with E-state index in [0.29, 0.717) is 40.4 Å². The Kier molecular flexibility index (Phi) is 8.57. The lowest BCUT2D eigenvalue weighted by Gasteiger charge is -2.23. The fraction of sp³-hybridized carbons (Fsp3) is 0.207. The van der Waals surface area contributed by atoms with Crippen LogP contribution in [0.3, 0.4) is 0 Å². The molecule has 1 aliphatic rings. The third-order valence-corrected chi connectivity index (χ3v) is 8.11. The first-order valence-corrected chi connectivity index (χ1v) is 14.1. The van der Waals surface area contributed by atoms with Crippen molar-refractivity contribution in [2.75, 3.05) is 37.5 Å². The van der Waals surface area contributed by atoms with E-state index in [2.05, 4.69) is 5.32 Å². The summed E-state index contributed by atoms with van der Waals surface area (Å²) < 4.78 is 6.74. The van der Waals surface area contributed by atoms with Crippen LogP contribution in [-0.4, -0.2) is 54.2 Å². The number of anilines is 1. The maximum Gasteiger partial charge on any atom is 0.240 e. The van der Waals surface area contributed by atoms with E-state index in [9.17, 15) is 9.59 Å². The minimum Gasteiger partial charge on any atom is -0.383 e. The van der Waals surface area contributed by atoms with E-state index >= 15 is 0 Å². The summed E-state index contributed by atoms with van der Waals surface area (Å²) in [6, 6.07) is 24.7. The molecule has 4 aromatic rings. The van der Waals surface area contributed by atoms with E-state index in [1.165, 1.54) is 16.7 Å². The molecule has 200 valence electrons. The fourth-order valence-corrected chi connectivity index (χ4v) is 6.15. The van der Waals surface area contributed by atoms with Crippen molar-refractivity contribution in [1.82, 2.24) is 15.1 Å². The minimum absolute atomic E-state index is 0.161. The molecule has 1 atom stereocenters. The number of nitrogens with one attached hydrogen (secondary N) is 1. The lowest BCUT2D eigenvalue weighted by Crippen LogP contribution is -2.43. The van der Waals surface area contributed by atoms with Gasteiger partial charge in [-0.3, -0.25) is 14.5 Å². The second kappa shape index (κ2) is 12.3.